The predicted octanol–water partition coefficient (Wildman–Crippen LogP) is 0.984. The first-order chi connectivity index (χ1) is 9.28. The van der Waals surface area contributed by atoms with E-state index < -0.39 is 0 Å². The van der Waals surface area contributed by atoms with E-state index in [2.05, 4.69) is 5.16 Å². The molecule has 0 aliphatic carbocycles. The van der Waals surface area contributed by atoms with Crippen molar-refractivity contribution in [2.75, 3.05) is 19.6 Å². The molecule has 0 bridgehead atoms. The van der Waals surface area contributed by atoms with Crippen molar-refractivity contribution in [1.29, 1.82) is 0 Å². The van der Waals surface area contributed by atoms with Gasteiger partial charge in [-0.05, 0) is 24.1 Å². The zero-order valence-electron chi connectivity index (χ0n) is 10.7. The second-order valence-corrected chi connectivity index (χ2v) is 4.93. The molecule has 5 heteroatoms. The van der Waals surface area contributed by atoms with Gasteiger partial charge in [-0.2, -0.15) is 0 Å². The summed E-state index contributed by atoms with van der Waals surface area (Å²) in [6, 6.07) is 7.56. The molecule has 1 saturated heterocycles. The van der Waals surface area contributed by atoms with Gasteiger partial charge in [-0.1, -0.05) is 17.3 Å². The minimum absolute atomic E-state index is 0.0163. The molecule has 2 aliphatic heterocycles. The lowest BCUT2D eigenvalue weighted by molar-refractivity contribution is 0.0652. The van der Waals surface area contributed by atoms with Crippen LogP contribution in [0.3, 0.4) is 0 Å². The number of hydrogen-bond donors (Lipinski definition) is 1. The number of hydrogen-bond acceptors (Lipinski definition) is 4. The Morgan fingerprint density at radius 3 is 2.63 bits per heavy atom. The van der Waals surface area contributed by atoms with Gasteiger partial charge >= 0.3 is 0 Å². The van der Waals surface area contributed by atoms with Crippen LogP contribution in [0.25, 0.3) is 0 Å². The van der Waals surface area contributed by atoms with Crippen LogP contribution in [0.4, 0.5) is 0 Å². The topological polar surface area (TPSA) is 67.9 Å². The van der Waals surface area contributed by atoms with E-state index in [1.54, 1.807) is 0 Å². The maximum atomic E-state index is 12.0. The molecule has 2 heterocycles. The number of benzene rings is 1. The molecule has 0 spiro atoms. The summed E-state index contributed by atoms with van der Waals surface area (Å²) in [6.45, 7) is 2.22. The maximum absolute atomic E-state index is 12.0. The highest BCUT2D eigenvalue weighted by Crippen LogP contribution is 2.18. The third kappa shape index (κ3) is 2.33. The van der Waals surface area contributed by atoms with Gasteiger partial charge < -0.3 is 15.5 Å². The zero-order chi connectivity index (χ0) is 13.2. The average molecular weight is 259 g/mol. The largest absolute Gasteiger partial charge is 0.390 e. The first kappa shape index (κ1) is 12.2. The first-order valence-electron chi connectivity index (χ1n) is 6.60. The van der Waals surface area contributed by atoms with E-state index >= 15 is 0 Å². The number of amides is 1. The van der Waals surface area contributed by atoms with E-state index in [0.717, 1.165) is 42.8 Å². The summed E-state index contributed by atoms with van der Waals surface area (Å²) < 4.78 is 0. The molecule has 3 rings (SSSR count). The quantitative estimate of drug-likeness (QED) is 0.880. The Labute approximate surface area is 112 Å². The Morgan fingerprint density at radius 2 is 2.11 bits per heavy atom. The summed E-state index contributed by atoms with van der Waals surface area (Å²) in [5.74, 6) is 0.113. The van der Waals surface area contributed by atoms with Crippen molar-refractivity contribution in [1.82, 2.24) is 4.90 Å². The Morgan fingerprint density at radius 1 is 1.37 bits per heavy atom. The normalized spacial score (nSPS) is 21.6. The fraction of sp³-hybridized carbons (Fsp3) is 0.429. The smallest absolute Gasteiger partial charge is 0.253 e. The number of carbonyl (C=O) groups is 1. The van der Waals surface area contributed by atoms with Crippen molar-refractivity contribution in [2.24, 2.45) is 10.9 Å². The van der Waals surface area contributed by atoms with Gasteiger partial charge in [-0.3, -0.25) is 4.79 Å². The minimum atomic E-state index is -0.0163. The molecule has 1 amide bonds. The Kier molecular flexibility index (Phi) is 3.21. The molecule has 2 N–H and O–H groups in total. The lowest BCUT2D eigenvalue weighted by Crippen LogP contribution is -2.41. The van der Waals surface area contributed by atoms with E-state index in [1.165, 1.54) is 0 Å². The molecule has 1 aromatic rings. The Bertz CT molecular complexity index is 506. The SMILES string of the molecule is NCC1CC(c2ccc(C(=O)N3CCC3)cc2)=NO1. The van der Waals surface area contributed by atoms with Crippen molar-refractivity contribution < 1.29 is 9.63 Å². The summed E-state index contributed by atoms with van der Waals surface area (Å²) in [6.07, 6.45) is 1.83. The summed E-state index contributed by atoms with van der Waals surface area (Å²) in [7, 11) is 0. The highest BCUT2D eigenvalue weighted by Gasteiger charge is 2.23. The third-order valence-electron chi connectivity index (χ3n) is 3.60. The molecule has 1 atom stereocenters. The molecule has 2 aliphatic rings. The zero-order valence-corrected chi connectivity index (χ0v) is 10.7. The van der Waals surface area contributed by atoms with Crippen molar-refractivity contribution >= 4 is 11.6 Å². The highest BCUT2D eigenvalue weighted by molar-refractivity contribution is 6.02. The van der Waals surface area contributed by atoms with Crippen LogP contribution in [0.15, 0.2) is 29.4 Å². The summed E-state index contributed by atoms with van der Waals surface area (Å²) >= 11 is 0. The molecule has 19 heavy (non-hydrogen) atoms. The van der Waals surface area contributed by atoms with E-state index in [0.29, 0.717) is 6.54 Å². The molecular formula is C14H17N3O2. The van der Waals surface area contributed by atoms with Crippen LogP contribution in [0.5, 0.6) is 0 Å². The van der Waals surface area contributed by atoms with Crippen molar-refractivity contribution in [3.63, 3.8) is 0 Å². The van der Waals surface area contributed by atoms with Crippen molar-refractivity contribution in [3.05, 3.63) is 35.4 Å². The number of nitrogens with zero attached hydrogens (tertiary/aromatic N) is 2. The molecule has 1 fully saturated rings. The van der Waals surface area contributed by atoms with Gasteiger partial charge in [0.1, 0.15) is 6.10 Å². The van der Waals surface area contributed by atoms with E-state index in [9.17, 15) is 4.79 Å². The average Bonchev–Trinajstić information content (AvgIpc) is 2.85. The lowest BCUT2D eigenvalue weighted by Gasteiger charge is -2.30. The van der Waals surface area contributed by atoms with Crippen LogP contribution in [0, 0.1) is 0 Å². The van der Waals surface area contributed by atoms with Gasteiger partial charge in [0.2, 0.25) is 0 Å². The highest BCUT2D eigenvalue weighted by atomic mass is 16.6. The van der Waals surface area contributed by atoms with Crippen LogP contribution >= 0.6 is 0 Å². The fourth-order valence-electron chi connectivity index (χ4n) is 2.23. The number of rotatable bonds is 3. The molecule has 1 unspecified atom stereocenters. The molecule has 0 saturated carbocycles. The van der Waals surface area contributed by atoms with E-state index in [4.69, 9.17) is 10.6 Å². The molecule has 100 valence electrons. The van der Waals surface area contributed by atoms with Crippen LogP contribution < -0.4 is 5.73 Å². The van der Waals surface area contributed by atoms with Gasteiger partial charge in [0.15, 0.2) is 0 Å². The fourth-order valence-corrected chi connectivity index (χ4v) is 2.23. The third-order valence-corrected chi connectivity index (χ3v) is 3.60. The van der Waals surface area contributed by atoms with Crippen molar-refractivity contribution in [3.8, 4) is 0 Å². The van der Waals surface area contributed by atoms with Gasteiger partial charge in [-0.25, -0.2) is 0 Å². The van der Waals surface area contributed by atoms with Crippen LogP contribution in [0.2, 0.25) is 0 Å². The number of nitrogens with two attached hydrogens (primary N) is 1. The van der Waals surface area contributed by atoms with Crippen LogP contribution in [-0.2, 0) is 4.84 Å². The van der Waals surface area contributed by atoms with Gasteiger partial charge in [0.25, 0.3) is 5.91 Å². The predicted molar refractivity (Wildman–Crippen MR) is 72.0 cm³/mol. The summed E-state index contributed by atoms with van der Waals surface area (Å²) in [5.41, 5.74) is 8.18. The number of oxime groups is 1. The molecule has 0 aromatic heterocycles. The molecule has 0 radical (unpaired) electrons. The molecule has 5 nitrogen and oxygen atoms in total. The Hall–Kier alpha value is -1.88. The Balaban J connectivity index is 1.70. The monoisotopic (exact) mass is 259 g/mol. The molecular weight excluding hydrogens is 242 g/mol. The first-order valence-corrected chi connectivity index (χ1v) is 6.60. The molecule has 1 aromatic carbocycles. The second-order valence-electron chi connectivity index (χ2n) is 4.93. The van der Waals surface area contributed by atoms with E-state index in [1.807, 2.05) is 29.2 Å². The number of likely N-dealkylation sites (tertiary alicyclic amines) is 1. The van der Waals surface area contributed by atoms with Crippen LogP contribution in [-0.4, -0.2) is 42.3 Å². The van der Waals surface area contributed by atoms with Gasteiger partial charge in [0, 0.05) is 31.6 Å². The summed E-state index contributed by atoms with van der Waals surface area (Å²) in [4.78, 5) is 19.1. The summed E-state index contributed by atoms with van der Waals surface area (Å²) in [5, 5.41) is 4.04. The minimum Gasteiger partial charge on any atom is -0.390 e. The van der Waals surface area contributed by atoms with Gasteiger partial charge in [0.05, 0.1) is 5.71 Å². The van der Waals surface area contributed by atoms with E-state index in [-0.39, 0.29) is 12.0 Å². The number of carbonyl (C=O) groups excluding carboxylic acids is 1. The van der Waals surface area contributed by atoms with Crippen molar-refractivity contribution in [2.45, 2.75) is 18.9 Å². The second kappa shape index (κ2) is 5.01. The van der Waals surface area contributed by atoms with Gasteiger partial charge in [-0.15, -0.1) is 0 Å². The maximum Gasteiger partial charge on any atom is 0.253 e. The van der Waals surface area contributed by atoms with Crippen LogP contribution in [0.1, 0.15) is 28.8 Å². The standard InChI is InChI=1S/C14H17N3O2/c15-9-12-8-13(16-19-12)10-2-4-11(5-3-10)14(18)17-6-1-7-17/h2-5,12H,1,6-9,15H2. The lowest BCUT2D eigenvalue weighted by atomic mass is 10.0.